The zero-order valence-electron chi connectivity index (χ0n) is 9.51. The van der Waals surface area contributed by atoms with Gasteiger partial charge in [-0.3, -0.25) is 4.79 Å². The number of terminal acetylenes is 1. The van der Waals surface area contributed by atoms with Gasteiger partial charge in [-0.2, -0.15) is 0 Å². The Kier molecular flexibility index (Phi) is 4.16. The van der Waals surface area contributed by atoms with Crippen molar-refractivity contribution in [1.29, 1.82) is 0 Å². The Morgan fingerprint density at radius 3 is 2.93 bits per heavy atom. The van der Waals surface area contributed by atoms with Gasteiger partial charge in [-0.15, -0.1) is 6.42 Å². The average Bonchev–Trinajstić information content (AvgIpc) is 2.65. The fourth-order valence-electron chi connectivity index (χ4n) is 1.75. The summed E-state index contributed by atoms with van der Waals surface area (Å²) in [5.41, 5.74) is -0.664. The number of carbonyl (C=O) groups is 1. The van der Waals surface area contributed by atoms with Crippen molar-refractivity contribution < 1.29 is 9.53 Å². The lowest BCUT2D eigenvalue weighted by molar-refractivity contribution is -0.139. The topological polar surface area (TPSA) is 38.3 Å². The van der Waals surface area contributed by atoms with Gasteiger partial charge < -0.3 is 10.1 Å². The second kappa shape index (κ2) is 5.18. The number of hydrogen-bond acceptors (Lipinski definition) is 2. The van der Waals surface area contributed by atoms with Crippen molar-refractivity contribution in [1.82, 2.24) is 5.32 Å². The molecule has 15 heavy (non-hydrogen) atoms. The molecule has 2 unspecified atom stereocenters. The molecule has 1 saturated heterocycles. The zero-order chi connectivity index (χ0) is 11.3. The van der Waals surface area contributed by atoms with Crippen molar-refractivity contribution in [2.45, 2.75) is 51.2 Å². The molecule has 1 heterocycles. The molecule has 1 fully saturated rings. The summed E-state index contributed by atoms with van der Waals surface area (Å²) in [4.78, 5) is 11.9. The molecule has 0 radical (unpaired) electrons. The van der Waals surface area contributed by atoms with Crippen LogP contribution in [0.3, 0.4) is 0 Å². The number of hydrogen-bond donors (Lipinski definition) is 1. The summed E-state index contributed by atoms with van der Waals surface area (Å²) in [6, 6.07) is -0.163. The third-order valence-electron chi connectivity index (χ3n) is 2.78. The van der Waals surface area contributed by atoms with E-state index < -0.39 is 5.60 Å². The molecule has 1 amide bonds. The quantitative estimate of drug-likeness (QED) is 0.712. The Morgan fingerprint density at radius 2 is 2.47 bits per heavy atom. The molecule has 0 bridgehead atoms. The maximum atomic E-state index is 11.9. The van der Waals surface area contributed by atoms with Crippen molar-refractivity contribution in [3.8, 4) is 12.3 Å². The van der Waals surface area contributed by atoms with Crippen molar-refractivity contribution >= 4 is 5.91 Å². The zero-order valence-corrected chi connectivity index (χ0v) is 9.51. The molecule has 0 aromatic heterocycles. The van der Waals surface area contributed by atoms with Crippen LogP contribution in [-0.4, -0.2) is 24.2 Å². The van der Waals surface area contributed by atoms with Gasteiger partial charge in [0.25, 0.3) is 5.91 Å². The Balaban J connectivity index is 2.50. The van der Waals surface area contributed by atoms with Crippen LogP contribution in [0.15, 0.2) is 0 Å². The standard InChI is InChI=1S/C12H19NO2/c1-4-7-10(5-2)13-11(14)12(3)8-6-9-15-12/h2,10H,4,6-9H2,1,3H3,(H,13,14). The summed E-state index contributed by atoms with van der Waals surface area (Å²) < 4.78 is 5.45. The van der Waals surface area contributed by atoms with Crippen LogP contribution in [0.2, 0.25) is 0 Å². The van der Waals surface area contributed by atoms with Crippen LogP contribution in [0.1, 0.15) is 39.5 Å². The third-order valence-corrected chi connectivity index (χ3v) is 2.78. The highest BCUT2D eigenvalue weighted by molar-refractivity contribution is 5.85. The van der Waals surface area contributed by atoms with Crippen molar-refractivity contribution in [2.75, 3.05) is 6.61 Å². The van der Waals surface area contributed by atoms with Crippen molar-refractivity contribution in [3.05, 3.63) is 0 Å². The van der Waals surface area contributed by atoms with Gasteiger partial charge in [-0.25, -0.2) is 0 Å². The summed E-state index contributed by atoms with van der Waals surface area (Å²) in [6.45, 7) is 4.54. The van der Waals surface area contributed by atoms with Crippen LogP contribution in [0, 0.1) is 12.3 Å². The minimum atomic E-state index is -0.664. The summed E-state index contributed by atoms with van der Waals surface area (Å²) in [5, 5.41) is 2.85. The SMILES string of the molecule is C#CC(CCC)NC(=O)C1(C)CCCO1. The predicted octanol–water partition coefficient (Wildman–Crippen LogP) is 1.47. The van der Waals surface area contributed by atoms with E-state index in [9.17, 15) is 4.79 Å². The first kappa shape index (κ1) is 12.1. The van der Waals surface area contributed by atoms with Crippen LogP contribution in [0.5, 0.6) is 0 Å². The highest BCUT2D eigenvalue weighted by Crippen LogP contribution is 2.25. The van der Waals surface area contributed by atoms with E-state index in [1.165, 1.54) is 0 Å². The fourth-order valence-corrected chi connectivity index (χ4v) is 1.75. The number of carbonyl (C=O) groups excluding carboxylic acids is 1. The third kappa shape index (κ3) is 2.97. The molecule has 2 atom stereocenters. The molecule has 1 aliphatic heterocycles. The van der Waals surface area contributed by atoms with E-state index in [0.29, 0.717) is 6.61 Å². The molecule has 0 aromatic rings. The average molecular weight is 209 g/mol. The van der Waals surface area contributed by atoms with Crippen LogP contribution in [0.25, 0.3) is 0 Å². The van der Waals surface area contributed by atoms with Gasteiger partial charge in [0.05, 0.1) is 6.04 Å². The second-order valence-corrected chi connectivity index (χ2v) is 4.16. The minimum absolute atomic E-state index is 0.0728. The number of nitrogens with one attached hydrogen (secondary N) is 1. The first-order valence-electron chi connectivity index (χ1n) is 5.53. The van der Waals surface area contributed by atoms with Crippen LogP contribution < -0.4 is 5.32 Å². The Morgan fingerprint density at radius 1 is 1.73 bits per heavy atom. The monoisotopic (exact) mass is 209 g/mol. The van der Waals surface area contributed by atoms with Gasteiger partial charge >= 0.3 is 0 Å². The van der Waals surface area contributed by atoms with Gasteiger partial charge in [0, 0.05) is 6.61 Å². The number of rotatable bonds is 4. The molecular weight excluding hydrogens is 190 g/mol. The van der Waals surface area contributed by atoms with E-state index in [1.807, 2.05) is 13.8 Å². The Bertz CT molecular complexity index is 261. The van der Waals surface area contributed by atoms with E-state index in [2.05, 4.69) is 11.2 Å². The first-order chi connectivity index (χ1) is 7.12. The lowest BCUT2D eigenvalue weighted by Gasteiger charge is -2.24. The van der Waals surface area contributed by atoms with Gasteiger partial charge in [0.15, 0.2) is 0 Å². The fraction of sp³-hybridized carbons (Fsp3) is 0.750. The van der Waals surface area contributed by atoms with E-state index >= 15 is 0 Å². The lowest BCUT2D eigenvalue weighted by Crippen LogP contribution is -2.47. The molecule has 0 aromatic carbocycles. The van der Waals surface area contributed by atoms with Gasteiger partial charge in [0.1, 0.15) is 5.60 Å². The molecule has 1 N–H and O–H groups in total. The predicted molar refractivity (Wildman–Crippen MR) is 59.3 cm³/mol. The Hall–Kier alpha value is -1.01. The summed E-state index contributed by atoms with van der Waals surface area (Å²) in [5.74, 6) is 2.51. The van der Waals surface area contributed by atoms with E-state index in [0.717, 1.165) is 25.7 Å². The van der Waals surface area contributed by atoms with Gasteiger partial charge in [-0.1, -0.05) is 19.3 Å². The van der Waals surface area contributed by atoms with Crippen LogP contribution in [0.4, 0.5) is 0 Å². The summed E-state index contributed by atoms with van der Waals surface area (Å²) in [6.07, 6.45) is 8.85. The minimum Gasteiger partial charge on any atom is -0.365 e. The van der Waals surface area contributed by atoms with E-state index in [1.54, 1.807) is 0 Å². The van der Waals surface area contributed by atoms with Crippen molar-refractivity contribution in [3.63, 3.8) is 0 Å². The molecule has 3 nitrogen and oxygen atoms in total. The molecule has 0 saturated carbocycles. The molecule has 1 aliphatic rings. The normalized spacial score (nSPS) is 27.0. The first-order valence-corrected chi connectivity index (χ1v) is 5.53. The van der Waals surface area contributed by atoms with E-state index in [4.69, 9.17) is 11.2 Å². The lowest BCUT2D eigenvalue weighted by atomic mass is 10.0. The van der Waals surface area contributed by atoms with Crippen LogP contribution >= 0.6 is 0 Å². The number of amides is 1. The Labute approximate surface area is 91.6 Å². The highest BCUT2D eigenvalue weighted by Gasteiger charge is 2.38. The molecule has 3 heteroatoms. The smallest absolute Gasteiger partial charge is 0.252 e. The highest BCUT2D eigenvalue weighted by atomic mass is 16.5. The largest absolute Gasteiger partial charge is 0.365 e. The number of ether oxygens (including phenoxy) is 1. The molecule has 0 aliphatic carbocycles. The molecule has 0 spiro atoms. The maximum Gasteiger partial charge on any atom is 0.252 e. The van der Waals surface area contributed by atoms with Crippen molar-refractivity contribution in [2.24, 2.45) is 0 Å². The van der Waals surface area contributed by atoms with Gasteiger partial charge in [0.2, 0.25) is 0 Å². The van der Waals surface area contributed by atoms with Gasteiger partial charge in [-0.05, 0) is 26.2 Å². The maximum absolute atomic E-state index is 11.9. The van der Waals surface area contributed by atoms with Crippen LogP contribution in [-0.2, 0) is 9.53 Å². The molecule has 84 valence electrons. The second-order valence-electron chi connectivity index (χ2n) is 4.16. The summed E-state index contributed by atoms with van der Waals surface area (Å²) in [7, 11) is 0. The molecular formula is C12H19NO2. The molecule has 1 rings (SSSR count). The van der Waals surface area contributed by atoms with E-state index in [-0.39, 0.29) is 11.9 Å². The summed E-state index contributed by atoms with van der Waals surface area (Å²) >= 11 is 0.